The average molecular weight is 523 g/mol. The van der Waals surface area contributed by atoms with E-state index in [-0.39, 0.29) is 0 Å². The van der Waals surface area contributed by atoms with Crippen LogP contribution in [0.25, 0.3) is 21.6 Å². The van der Waals surface area contributed by atoms with Crippen LogP contribution in [0, 0.1) is 0 Å². The molecule has 11 heteroatoms. The van der Waals surface area contributed by atoms with Crippen molar-refractivity contribution in [3.8, 4) is 10.6 Å². The number of ether oxygens (including phenoxy) is 1. The van der Waals surface area contributed by atoms with Crippen molar-refractivity contribution in [1.82, 2.24) is 29.9 Å². The Hall–Kier alpha value is -2.89. The smallest absolute Gasteiger partial charge is 0.151 e. The predicted octanol–water partition coefficient (Wildman–Crippen LogP) is 6.01. The lowest BCUT2D eigenvalue weighted by atomic mass is 10.1. The van der Waals surface area contributed by atoms with Crippen LogP contribution in [0.1, 0.15) is 36.6 Å². The van der Waals surface area contributed by atoms with Crippen molar-refractivity contribution in [3.63, 3.8) is 0 Å². The van der Waals surface area contributed by atoms with E-state index in [9.17, 15) is 0 Å². The van der Waals surface area contributed by atoms with E-state index in [4.69, 9.17) is 9.72 Å². The Morgan fingerprint density at radius 3 is 2.67 bits per heavy atom. The van der Waals surface area contributed by atoms with Gasteiger partial charge in [-0.3, -0.25) is 9.67 Å². The van der Waals surface area contributed by atoms with Gasteiger partial charge in [-0.1, -0.05) is 43.8 Å². The summed E-state index contributed by atoms with van der Waals surface area (Å²) in [7, 11) is 0.751. The van der Waals surface area contributed by atoms with Crippen LogP contribution in [0.5, 0.6) is 0 Å². The molecule has 0 bridgehead atoms. The lowest BCUT2D eigenvalue weighted by Gasteiger charge is -2.16. The number of nitrogens with one attached hydrogen (secondary N) is 2. The van der Waals surface area contributed by atoms with E-state index in [1.165, 1.54) is 25.7 Å². The van der Waals surface area contributed by atoms with Crippen molar-refractivity contribution >= 4 is 47.6 Å². The van der Waals surface area contributed by atoms with Crippen LogP contribution >= 0.6 is 11.3 Å². The molecule has 5 rings (SSSR count). The Kier molecular flexibility index (Phi) is 7.31. The summed E-state index contributed by atoms with van der Waals surface area (Å²) in [5.74, 6) is 1.27. The molecule has 4 aromatic rings. The summed E-state index contributed by atoms with van der Waals surface area (Å²) in [4.78, 5) is 9.63. The quantitative estimate of drug-likeness (QED) is 0.148. The first kappa shape index (κ1) is 24.8. The van der Waals surface area contributed by atoms with Gasteiger partial charge in [-0.25, -0.2) is 4.98 Å². The number of nitrogens with zero attached hydrogens (tertiary/aromatic N) is 6. The van der Waals surface area contributed by atoms with Gasteiger partial charge in [0.1, 0.15) is 17.6 Å². The van der Waals surface area contributed by atoms with Crippen LogP contribution in [-0.4, -0.2) is 51.4 Å². The standard InChI is InChI=1S/C25H34N8OSSi/c1-33-15-19(14-28-33)29-18-11-22-21(26-13-18)12-20(23(30-22)27-16-34-9-10-36(2,3)4)25-32-31-24(35-25)17-7-5-6-8-17/h11-15,17,29H,5-10,16H2,1-4H3,(H,27,30). The molecule has 36 heavy (non-hydrogen) atoms. The fraction of sp³-hybridized carbons (Fsp3) is 0.480. The molecule has 4 heterocycles. The number of hydrogen-bond donors (Lipinski definition) is 2. The van der Waals surface area contributed by atoms with E-state index in [2.05, 4.69) is 56.6 Å². The molecule has 0 saturated heterocycles. The molecule has 0 aliphatic heterocycles. The molecule has 9 nitrogen and oxygen atoms in total. The van der Waals surface area contributed by atoms with Crippen molar-refractivity contribution in [2.75, 3.05) is 24.0 Å². The van der Waals surface area contributed by atoms with Crippen LogP contribution in [0.3, 0.4) is 0 Å². The summed E-state index contributed by atoms with van der Waals surface area (Å²) in [6, 6.07) is 5.18. The first-order valence-corrected chi connectivity index (χ1v) is 17.1. The maximum absolute atomic E-state index is 5.92. The molecular weight excluding hydrogens is 488 g/mol. The van der Waals surface area contributed by atoms with Gasteiger partial charge < -0.3 is 15.4 Å². The molecule has 4 aromatic heterocycles. The average Bonchev–Trinajstić information content (AvgIpc) is 3.60. The monoisotopic (exact) mass is 522 g/mol. The topological polar surface area (TPSA) is 103 Å². The van der Waals surface area contributed by atoms with Crippen molar-refractivity contribution in [3.05, 3.63) is 35.7 Å². The minimum Gasteiger partial charge on any atom is -0.362 e. The van der Waals surface area contributed by atoms with Crippen LogP contribution in [0.4, 0.5) is 17.2 Å². The fourth-order valence-corrected chi connectivity index (χ4v) is 6.11. The maximum Gasteiger partial charge on any atom is 0.151 e. The van der Waals surface area contributed by atoms with Gasteiger partial charge in [0.15, 0.2) is 5.01 Å². The highest BCUT2D eigenvalue weighted by Crippen LogP contribution is 2.39. The van der Waals surface area contributed by atoms with Crippen LogP contribution in [-0.2, 0) is 11.8 Å². The predicted molar refractivity (Wildman–Crippen MR) is 149 cm³/mol. The Morgan fingerprint density at radius 1 is 1.08 bits per heavy atom. The largest absolute Gasteiger partial charge is 0.362 e. The summed E-state index contributed by atoms with van der Waals surface area (Å²) in [5, 5.41) is 22.1. The zero-order valence-electron chi connectivity index (χ0n) is 21.4. The van der Waals surface area contributed by atoms with E-state index in [0.29, 0.717) is 12.6 Å². The molecule has 0 atom stereocenters. The lowest BCUT2D eigenvalue weighted by Crippen LogP contribution is -2.22. The highest BCUT2D eigenvalue weighted by atomic mass is 32.1. The van der Waals surface area contributed by atoms with Crippen LogP contribution in [0.15, 0.2) is 30.7 Å². The number of anilines is 3. The number of pyridine rings is 2. The second kappa shape index (κ2) is 10.6. The second-order valence-corrected chi connectivity index (χ2v) is 17.3. The molecule has 0 amide bonds. The van der Waals surface area contributed by atoms with Gasteiger partial charge in [-0.2, -0.15) is 5.10 Å². The molecule has 2 N–H and O–H groups in total. The molecule has 1 saturated carbocycles. The number of aryl methyl sites for hydroxylation is 1. The first-order valence-electron chi connectivity index (χ1n) is 12.6. The number of hydrogen-bond acceptors (Lipinski definition) is 9. The Bertz CT molecular complexity index is 1330. The van der Waals surface area contributed by atoms with Gasteiger partial charge in [0.2, 0.25) is 0 Å². The second-order valence-electron chi connectivity index (χ2n) is 10.6. The molecule has 1 aliphatic rings. The highest BCUT2D eigenvalue weighted by Gasteiger charge is 2.23. The van der Waals surface area contributed by atoms with Crippen molar-refractivity contribution in [2.24, 2.45) is 7.05 Å². The Labute approximate surface area is 216 Å². The third-order valence-corrected chi connectivity index (χ3v) is 9.20. The molecule has 1 aliphatic carbocycles. The summed E-state index contributed by atoms with van der Waals surface area (Å²) < 4.78 is 7.68. The van der Waals surface area contributed by atoms with Crippen LogP contribution in [0.2, 0.25) is 25.7 Å². The van der Waals surface area contributed by atoms with Gasteiger partial charge in [0, 0.05) is 33.8 Å². The molecular formula is C25H34N8OSSi. The third kappa shape index (κ3) is 6.08. The zero-order chi connectivity index (χ0) is 25.1. The number of fused-ring (bicyclic) bond motifs is 1. The summed E-state index contributed by atoms with van der Waals surface area (Å²) in [6.07, 6.45) is 10.5. The van der Waals surface area contributed by atoms with Crippen LogP contribution < -0.4 is 10.6 Å². The van der Waals surface area contributed by atoms with Gasteiger partial charge in [-0.05, 0) is 31.0 Å². The van der Waals surface area contributed by atoms with E-state index in [1.54, 1.807) is 22.2 Å². The molecule has 0 radical (unpaired) electrons. The maximum atomic E-state index is 5.92. The summed E-state index contributed by atoms with van der Waals surface area (Å²) in [5.41, 5.74) is 4.27. The number of rotatable bonds is 10. The molecule has 0 aromatic carbocycles. The third-order valence-electron chi connectivity index (χ3n) is 6.37. The zero-order valence-corrected chi connectivity index (χ0v) is 23.2. The molecule has 0 spiro atoms. The van der Waals surface area contributed by atoms with Crippen molar-refractivity contribution in [1.29, 1.82) is 0 Å². The molecule has 0 unspecified atom stereocenters. The normalized spacial score (nSPS) is 14.6. The Morgan fingerprint density at radius 2 is 1.92 bits per heavy atom. The van der Waals surface area contributed by atoms with Gasteiger partial charge in [0.25, 0.3) is 0 Å². The minimum absolute atomic E-state index is 0.394. The highest BCUT2D eigenvalue weighted by molar-refractivity contribution is 7.14. The van der Waals surface area contributed by atoms with Gasteiger partial charge >= 0.3 is 0 Å². The molecule has 1 fully saturated rings. The van der Waals surface area contributed by atoms with Crippen molar-refractivity contribution in [2.45, 2.75) is 57.3 Å². The summed E-state index contributed by atoms with van der Waals surface area (Å²) in [6.45, 7) is 8.21. The van der Waals surface area contributed by atoms with E-state index >= 15 is 0 Å². The van der Waals surface area contributed by atoms with Crippen molar-refractivity contribution < 1.29 is 4.74 Å². The summed E-state index contributed by atoms with van der Waals surface area (Å²) >= 11 is 1.67. The van der Waals surface area contributed by atoms with E-state index in [0.717, 1.165) is 56.5 Å². The Balaban J connectivity index is 1.42. The number of aromatic nitrogens is 6. The minimum atomic E-state index is -1.14. The van der Waals surface area contributed by atoms with E-state index < -0.39 is 8.07 Å². The SMILES string of the molecule is Cn1cc(Nc2cnc3cc(-c4nnc(C5CCCC5)s4)c(NCOCC[Si](C)(C)C)nc3c2)cn1. The van der Waals surface area contributed by atoms with Gasteiger partial charge in [-0.15, -0.1) is 10.2 Å². The van der Waals surface area contributed by atoms with Gasteiger partial charge in [0.05, 0.1) is 40.4 Å². The van der Waals surface area contributed by atoms with E-state index in [1.807, 2.05) is 25.5 Å². The first-order chi connectivity index (χ1) is 17.3. The lowest BCUT2D eigenvalue weighted by molar-refractivity contribution is 0.165. The fourth-order valence-electron chi connectivity index (χ4n) is 4.32. The molecule has 190 valence electrons.